The van der Waals surface area contributed by atoms with Crippen molar-refractivity contribution in [2.75, 3.05) is 6.61 Å². The fourth-order valence-corrected chi connectivity index (χ4v) is 1.77. The third-order valence-electron chi connectivity index (χ3n) is 2.66. The first kappa shape index (κ1) is 15.0. The molecule has 21 heavy (non-hydrogen) atoms. The van der Waals surface area contributed by atoms with Crippen molar-refractivity contribution in [3.05, 3.63) is 47.9 Å². The standard InChI is InChI=1S/C14H11F3N2O2/c1-2-21-13(20)12-7-11(18-8-19-12)9-5-3-4-6-10(9)14(15,16)17/h3-8H,2H2,1H3. The summed E-state index contributed by atoms with van der Waals surface area (Å²) in [4.78, 5) is 19.1. The van der Waals surface area contributed by atoms with Crippen LogP contribution in [0.5, 0.6) is 0 Å². The molecule has 1 aromatic heterocycles. The van der Waals surface area contributed by atoms with Crippen LogP contribution >= 0.6 is 0 Å². The summed E-state index contributed by atoms with van der Waals surface area (Å²) in [5.41, 5.74) is -1.00. The fraction of sp³-hybridized carbons (Fsp3) is 0.214. The molecule has 1 aromatic carbocycles. The number of rotatable bonds is 3. The van der Waals surface area contributed by atoms with Gasteiger partial charge in [0.25, 0.3) is 0 Å². The summed E-state index contributed by atoms with van der Waals surface area (Å²) in [6.45, 7) is 1.77. The zero-order valence-electron chi connectivity index (χ0n) is 11.0. The molecule has 0 amide bonds. The number of aromatic nitrogens is 2. The predicted molar refractivity (Wildman–Crippen MR) is 68.4 cm³/mol. The molecule has 0 bridgehead atoms. The number of ether oxygens (including phenoxy) is 1. The molecule has 0 N–H and O–H groups in total. The fourth-order valence-electron chi connectivity index (χ4n) is 1.77. The third-order valence-corrected chi connectivity index (χ3v) is 2.66. The number of nitrogens with zero attached hydrogens (tertiary/aromatic N) is 2. The number of alkyl halides is 3. The molecular weight excluding hydrogens is 285 g/mol. The molecule has 0 saturated carbocycles. The average molecular weight is 296 g/mol. The lowest BCUT2D eigenvalue weighted by molar-refractivity contribution is -0.137. The first-order valence-corrected chi connectivity index (χ1v) is 6.09. The molecule has 2 aromatic rings. The van der Waals surface area contributed by atoms with Crippen molar-refractivity contribution in [3.8, 4) is 11.3 Å². The van der Waals surface area contributed by atoms with Gasteiger partial charge in [0, 0.05) is 5.56 Å². The zero-order chi connectivity index (χ0) is 15.5. The van der Waals surface area contributed by atoms with Crippen LogP contribution in [-0.4, -0.2) is 22.5 Å². The van der Waals surface area contributed by atoms with E-state index >= 15 is 0 Å². The summed E-state index contributed by atoms with van der Waals surface area (Å²) in [6.07, 6.45) is -3.47. The van der Waals surface area contributed by atoms with Gasteiger partial charge >= 0.3 is 12.1 Å². The summed E-state index contributed by atoms with van der Waals surface area (Å²) < 4.78 is 43.7. The van der Waals surface area contributed by atoms with Crippen LogP contribution in [0.2, 0.25) is 0 Å². The molecule has 0 unspecified atom stereocenters. The van der Waals surface area contributed by atoms with Gasteiger partial charge in [0.05, 0.1) is 17.9 Å². The minimum atomic E-state index is -4.51. The molecule has 2 rings (SSSR count). The van der Waals surface area contributed by atoms with Gasteiger partial charge in [-0.1, -0.05) is 18.2 Å². The highest BCUT2D eigenvalue weighted by Gasteiger charge is 2.33. The Morgan fingerprint density at radius 2 is 1.95 bits per heavy atom. The second-order valence-corrected chi connectivity index (χ2v) is 4.05. The Kier molecular flexibility index (Phi) is 4.21. The molecule has 0 fully saturated rings. The summed E-state index contributed by atoms with van der Waals surface area (Å²) in [5.74, 6) is -0.703. The van der Waals surface area contributed by atoms with Crippen LogP contribution in [0.3, 0.4) is 0 Å². The predicted octanol–water partition coefficient (Wildman–Crippen LogP) is 3.34. The number of esters is 1. The van der Waals surface area contributed by atoms with Crippen molar-refractivity contribution in [1.29, 1.82) is 0 Å². The molecule has 110 valence electrons. The highest BCUT2D eigenvalue weighted by atomic mass is 19.4. The Bertz CT molecular complexity index is 657. The van der Waals surface area contributed by atoms with E-state index in [1.807, 2.05) is 0 Å². The van der Waals surface area contributed by atoms with Crippen molar-refractivity contribution in [3.63, 3.8) is 0 Å². The molecule has 7 heteroatoms. The lowest BCUT2D eigenvalue weighted by Gasteiger charge is -2.12. The maximum atomic E-state index is 13.0. The smallest absolute Gasteiger partial charge is 0.417 e. The van der Waals surface area contributed by atoms with Gasteiger partial charge in [-0.25, -0.2) is 14.8 Å². The van der Waals surface area contributed by atoms with E-state index < -0.39 is 17.7 Å². The Hall–Kier alpha value is -2.44. The molecule has 4 nitrogen and oxygen atoms in total. The van der Waals surface area contributed by atoms with E-state index in [-0.39, 0.29) is 23.6 Å². The van der Waals surface area contributed by atoms with Gasteiger partial charge in [-0.3, -0.25) is 0 Å². The normalized spacial score (nSPS) is 11.2. The first-order valence-electron chi connectivity index (χ1n) is 6.09. The van der Waals surface area contributed by atoms with E-state index in [9.17, 15) is 18.0 Å². The molecule has 0 spiro atoms. The van der Waals surface area contributed by atoms with E-state index in [1.54, 1.807) is 6.92 Å². The molecule has 0 aliphatic carbocycles. The number of halogens is 3. The quantitative estimate of drug-likeness (QED) is 0.815. The molecule has 0 aliphatic heterocycles. The van der Waals surface area contributed by atoms with Crippen molar-refractivity contribution >= 4 is 5.97 Å². The largest absolute Gasteiger partial charge is 0.461 e. The second-order valence-electron chi connectivity index (χ2n) is 4.05. The zero-order valence-corrected chi connectivity index (χ0v) is 11.0. The Labute approximate surface area is 118 Å². The molecule has 0 aliphatic rings. The van der Waals surface area contributed by atoms with Crippen molar-refractivity contribution in [2.45, 2.75) is 13.1 Å². The topological polar surface area (TPSA) is 52.1 Å². The van der Waals surface area contributed by atoms with Gasteiger partial charge in [0.1, 0.15) is 6.33 Å². The summed E-state index contributed by atoms with van der Waals surface area (Å²) >= 11 is 0. The van der Waals surface area contributed by atoms with E-state index in [2.05, 4.69) is 9.97 Å². The van der Waals surface area contributed by atoms with E-state index in [1.165, 1.54) is 24.3 Å². The van der Waals surface area contributed by atoms with Crippen LogP contribution in [-0.2, 0) is 10.9 Å². The Balaban J connectivity index is 2.49. The number of carbonyl (C=O) groups is 1. The Morgan fingerprint density at radius 1 is 1.24 bits per heavy atom. The van der Waals surface area contributed by atoms with Gasteiger partial charge < -0.3 is 4.74 Å². The van der Waals surface area contributed by atoms with Gasteiger partial charge in [0.2, 0.25) is 0 Å². The summed E-state index contributed by atoms with van der Waals surface area (Å²) in [6, 6.07) is 6.20. The van der Waals surface area contributed by atoms with Crippen molar-refractivity contribution in [1.82, 2.24) is 9.97 Å². The van der Waals surface area contributed by atoms with Crippen LogP contribution in [0.4, 0.5) is 13.2 Å². The maximum Gasteiger partial charge on any atom is 0.417 e. The van der Waals surface area contributed by atoms with Gasteiger partial charge in [-0.15, -0.1) is 0 Å². The first-order chi connectivity index (χ1) is 9.93. The molecule has 0 saturated heterocycles. The van der Waals surface area contributed by atoms with Gasteiger partial charge in [0.15, 0.2) is 5.69 Å². The third kappa shape index (κ3) is 3.36. The van der Waals surface area contributed by atoms with Crippen molar-refractivity contribution in [2.24, 2.45) is 0 Å². The number of benzene rings is 1. The van der Waals surface area contributed by atoms with Crippen LogP contribution < -0.4 is 0 Å². The highest BCUT2D eigenvalue weighted by molar-refractivity contribution is 5.88. The molecular formula is C14H11F3N2O2. The monoisotopic (exact) mass is 296 g/mol. The minimum absolute atomic E-state index is 0.0148. The number of hydrogen-bond acceptors (Lipinski definition) is 4. The van der Waals surface area contributed by atoms with Crippen LogP contribution in [0.25, 0.3) is 11.3 Å². The lowest BCUT2D eigenvalue weighted by Crippen LogP contribution is -2.10. The second kappa shape index (κ2) is 5.90. The average Bonchev–Trinajstić information content (AvgIpc) is 2.47. The highest BCUT2D eigenvalue weighted by Crippen LogP contribution is 2.36. The van der Waals surface area contributed by atoms with Gasteiger partial charge in [-0.2, -0.15) is 13.2 Å². The maximum absolute atomic E-state index is 13.0. The van der Waals surface area contributed by atoms with E-state index in [4.69, 9.17) is 4.74 Å². The van der Waals surface area contributed by atoms with Crippen LogP contribution in [0.15, 0.2) is 36.7 Å². The number of hydrogen-bond donors (Lipinski definition) is 0. The summed E-state index contributed by atoms with van der Waals surface area (Å²) in [5, 5.41) is 0. The van der Waals surface area contributed by atoms with Crippen LogP contribution in [0, 0.1) is 0 Å². The molecule has 1 heterocycles. The Morgan fingerprint density at radius 3 is 2.62 bits per heavy atom. The minimum Gasteiger partial charge on any atom is -0.461 e. The van der Waals surface area contributed by atoms with Crippen LogP contribution in [0.1, 0.15) is 23.0 Å². The number of carbonyl (C=O) groups excluding carboxylic acids is 1. The van der Waals surface area contributed by atoms with Crippen molar-refractivity contribution < 1.29 is 22.7 Å². The molecule has 0 atom stereocenters. The molecule has 0 radical (unpaired) electrons. The van der Waals surface area contributed by atoms with Gasteiger partial charge in [-0.05, 0) is 19.1 Å². The lowest BCUT2D eigenvalue weighted by atomic mass is 10.0. The van der Waals surface area contributed by atoms with E-state index in [0.29, 0.717) is 0 Å². The SMILES string of the molecule is CCOC(=O)c1cc(-c2ccccc2C(F)(F)F)ncn1. The summed E-state index contributed by atoms with van der Waals surface area (Å²) in [7, 11) is 0. The van der Waals surface area contributed by atoms with E-state index in [0.717, 1.165) is 12.4 Å².